The zero-order chi connectivity index (χ0) is 14.6. The highest BCUT2D eigenvalue weighted by Gasteiger charge is 2.31. The maximum atomic E-state index is 11.3. The summed E-state index contributed by atoms with van der Waals surface area (Å²) in [6.45, 7) is 3.79. The van der Waals surface area contributed by atoms with Gasteiger partial charge in [0.15, 0.2) is 0 Å². The van der Waals surface area contributed by atoms with E-state index in [1.807, 2.05) is 0 Å². The topological polar surface area (TPSA) is 66.8 Å². The molecule has 1 rings (SSSR count). The minimum absolute atomic E-state index is 0.384. The molecule has 0 unspecified atom stereocenters. The summed E-state index contributed by atoms with van der Waals surface area (Å²) in [5.74, 6) is -1.26. The fourth-order valence-corrected chi connectivity index (χ4v) is 1.50. The molecule has 0 aliphatic carbocycles. The van der Waals surface area contributed by atoms with Gasteiger partial charge in [-0.3, -0.25) is 9.69 Å². The Hall–Kier alpha value is -1.88. The summed E-state index contributed by atoms with van der Waals surface area (Å²) < 4.78 is 4.62. The molecule has 1 aromatic carbocycles. The normalized spacial score (nSPS) is 11.4. The molecule has 19 heavy (non-hydrogen) atoms. The van der Waals surface area contributed by atoms with Gasteiger partial charge in [0.2, 0.25) is 0 Å². The molecular formula is C14H19NO4. The van der Waals surface area contributed by atoms with E-state index in [2.05, 4.69) is 4.74 Å². The van der Waals surface area contributed by atoms with Crippen molar-refractivity contribution in [1.82, 2.24) is 4.90 Å². The number of carboxylic acids is 1. The van der Waals surface area contributed by atoms with Gasteiger partial charge in [0.25, 0.3) is 0 Å². The van der Waals surface area contributed by atoms with Crippen molar-refractivity contribution in [3.8, 4) is 0 Å². The molecule has 1 aromatic rings. The highest BCUT2D eigenvalue weighted by molar-refractivity contribution is 5.89. The minimum atomic E-state index is -0.943. The van der Waals surface area contributed by atoms with Crippen molar-refractivity contribution in [2.75, 3.05) is 14.2 Å². The van der Waals surface area contributed by atoms with Crippen LogP contribution in [0.1, 0.15) is 29.8 Å². The Morgan fingerprint density at radius 3 is 2.21 bits per heavy atom. The van der Waals surface area contributed by atoms with Crippen molar-refractivity contribution in [1.29, 1.82) is 0 Å². The highest BCUT2D eigenvalue weighted by atomic mass is 16.5. The molecule has 0 aliphatic heterocycles. The van der Waals surface area contributed by atoms with Crippen molar-refractivity contribution >= 4 is 11.9 Å². The van der Waals surface area contributed by atoms with Crippen LogP contribution in [-0.4, -0.2) is 41.6 Å². The highest BCUT2D eigenvalue weighted by Crippen LogP contribution is 2.16. The maximum absolute atomic E-state index is 11.3. The number of hydrogen-bond acceptors (Lipinski definition) is 4. The van der Waals surface area contributed by atoms with E-state index in [0.717, 1.165) is 5.56 Å². The van der Waals surface area contributed by atoms with Gasteiger partial charge in [0.05, 0.1) is 12.7 Å². The van der Waals surface area contributed by atoms with Gasteiger partial charge in [-0.25, -0.2) is 4.79 Å². The Morgan fingerprint density at radius 1 is 1.26 bits per heavy atom. The Balaban J connectivity index is 2.78. The first kappa shape index (κ1) is 15.2. The number of benzene rings is 1. The van der Waals surface area contributed by atoms with Crippen LogP contribution >= 0.6 is 0 Å². The number of methoxy groups -OCH3 is 1. The molecule has 0 aromatic heterocycles. The van der Waals surface area contributed by atoms with E-state index in [1.54, 1.807) is 50.1 Å². The number of likely N-dealkylation sites (N-methyl/N-ethyl adjacent to an activating group) is 1. The third kappa shape index (κ3) is 3.54. The van der Waals surface area contributed by atoms with Crippen LogP contribution in [-0.2, 0) is 16.1 Å². The van der Waals surface area contributed by atoms with E-state index in [-0.39, 0.29) is 5.97 Å². The lowest BCUT2D eigenvalue weighted by molar-refractivity contribution is -0.148. The van der Waals surface area contributed by atoms with E-state index < -0.39 is 11.5 Å². The molecule has 104 valence electrons. The number of aliphatic carboxylic acids is 1. The Morgan fingerprint density at radius 2 is 1.79 bits per heavy atom. The predicted octanol–water partition coefficient (Wildman–Crippen LogP) is 1.77. The van der Waals surface area contributed by atoms with Crippen molar-refractivity contribution in [3.63, 3.8) is 0 Å². The van der Waals surface area contributed by atoms with Crippen LogP contribution in [0.4, 0.5) is 0 Å². The monoisotopic (exact) mass is 265 g/mol. The van der Waals surface area contributed by atoms with E-state index in [4.69, 9.17) is 5.11 Å². The molecule has 5 heteroatoms. The third-order valence-corrected chi connectivity index (χ3v) is 3.27. The van der Waals surface area contributed by atoms with Gasteiger partial charge in [-0.15, -0.1) is 0 Å². The molecular weight excluding hydrogens is 246 g/mol. The number of carboxylic acid groups (broad SMARTS) is 1. The summed E-state index contributed by atoms with van der Waals surface area (Å²) >= 11 is 0. The first-order chi connectivity index (χ1) is 8.78. The van der Waals surface area contributed by atoms with Gasteiger partial charge in [-0.05, 0) is 38.6 Å². The minimum Gasteiger partial charge on any atom is -0.480 e. The fourth-order valence-electron chi connectivity index (χ4n) is 1.50. The van der Waals surface area contributed by atoms with Crippen LogP contribution in [0.25, 0.3) is 0 Å². The largest absolute Gasteiger partial charge is 0.480 e. The van der Waals surface area contributed by atoms with Gasteiger partial charge < -0.3 is 9.84 Å². The van der Waals surface area contributed by atoms with E-state index >= 15 is 0 Å². The standard InChI is InChI=1S/C14H19NO4/c1-14(2,13(17)18)15(3)9-10-5-7-11(8-6-10)12(16)19-4/h5-8H,9H2,1-4H3,(H,17,18). The molecule has 0 saturated carbocycles. The average Bonchev–Trinajstić information content (AvgIpc) is 2.38. The zero-order valence-electron chi connectivity index (χ0n) is 11.6. The molecule has 0 bridgehead atoms. The predicted molar refractivity (Wildman–Crippen MR) is 71.0 cm³/mol. The molecule has 0 atom stereocenters. The van der Waals surface area contributed by atoms with Gasteiger partial charge in [0, 0.05) is 6.54 Å². The number of carbonyl (C=O) groups excluding carboxylic acids is 1. The van der Waals surface area contributed by atoms with Crippen molar-refractivity contribution in [2.45, 2.75) is 25.9 Å². The lowest BCUT2D eigenvalue weighted by Crippen LogP contribution is -2.47. The molecule has 0 aliphatic rings. The van der Waals surface area contributed by atoms with Gasteiger partial charge in [-0.1, -0.05) is 12.1 Å². The summed E-state index contributed by atoms with van der Waals surface area (Å²) in [5, 5.41) is 9.14. The second kappa shape index (κ2) is 5.84. The molecule has 5 nitrogen and oxygen atoms in total. The molecule has 1 N–H and O–H groups in total. The van der Waals surface area contributed by atoms with Crippen LogP contribution in [0.3, 0.4) is 0 Å². The molecule has 0 heterocycles. The fraction of sp³-hybridized carbons (Fsp3) is 0.429. The van der Waals surface area contributed by atoms with E-state index in [9.17, 15) is 9.59 Å². The summed E-state index contributed by atoms with van der Waals surface area (Å²) in [4.78, 5) is 24.2. The second-order valence-electron chi connectivity index (χ2n) is 4.91. The van der Waals surface area contributed by atoms with Crippen molar-refractivity contribution in [2.24, 2.45) is 0 Å². The van der Waals surface area contributed by atoms with E-state index in [1.165, 1.54) is 7.11 Å². The summed E-state index contributed by atoms with van der Waals surface area (Å²) in [6.07, 6.45) is 0. The first-order valence-electron chi connectivity index (χ1n) is 5.91. The first-order valence-corrected chi connectivity index (χ1v) is 5.91. The van der Waals surface area contributed by atoms with Gasteiger partial charge >= 0.3 is 11.9 Å². The molecule has 0 fully saturated rings. The third-order valence-electron chi connectivity index (χ3n) is 3.27. The van der Waals surface area contributed by atoms with Gasteiger partial charge in [0.1, 0.15) is 5.54 Å². The van der Waals surface area contributed by atoms with Crippen LogP contribution in [0.5, 0.6) is 0 Å². The Bertz CT molecular complexity index is 465. The summed E-state index contributed by atoms with van der Waals surface area (Å²) in [5.41, 5.74) is 0.469. The molecule has 0 amide bonds. The number of carbonyl (C=O) groups is 2. The number of hydrogen-bond donors (Lipinski definition) is 1. The lowest BCUT2D eigenvalue weighted by atomic mass is 10.0. The van der Waals surface area contributed by atoms with E-state index in [0.29, 0.717) is 12.1 Å². The van der Waals surface area contributed by atoms with Crippen LogP contribution in [0.15, 0.2) is 24.3 Å². The molecule has 0 saturated heterocycles. The SMILES string of the molecule is COC(=O)c1ccc(CN(C)C(C)(C)C(=O)O)cc1. The number of nitrogens with zero attached hydrogens (tertiary/aromatic N) is 1. The summed E-state index contributed by atoms with van der Waals surface area (Å²) in [6, 6.07) is 6.92. The number of ether oxygens (including phenoxy) is 1. The van der Waals surface area contributed by atoms with Crippen LogP contribution in [0, 0.1) is 0 Å². The van der Waals surface area contributed by atoms with Crippen molar-refractivity contribution < 1.29 is 19.4 Å². The summed E-state index contributed by atoms with van der Waals surface area (Å²) in [7, 11) is 3.09. The maximum Gasteiger partial charge on any atom is 0.337 e. The molecule has 0 radical (unpaired) electrons. The quantitative estimate of drug-likeness (QED) is 0.822. The molecule has 0 spiro atoms. The second-order valence-corrected chi connectivity index (χ2v) is 4.91. The number of rotatable bonds is 5. The number of esters is 1. The Labute approximate surface area is 112 Å². The average molecular weight is 265 g/mol. The van der Waals surface area contributed by atoms with Crippen LogP contribution in [0.2, 0.25) is 0 Å². The van der Waals surface area contributed by atoms with Crippen LogP contribution < -0.4 is 0 Å². The van der Waals surface area contributed by atoms with Gasteiger partial charge in [-0.2, -0.15) is 0 Å². The zero-order valence-corrected chi connectivity index (χ0v) is 11.6. The smallest absolute Gasteiger partial charge is 0.337 e. The lowest BCUT2D eigenvalue weighted by Gasteiger charge is -2.31. The van der Waals surface area contributed by atoms with Crippen molar-refractivity contribution in [3.05, 3.63) is 35.4 Å². The Kier molecular flexibility index (Phi) is 4.67.